The van der Waals surface area contributed by atoms with Gasteiger partial charge in [0, 0.05) is 19.2 Å². The number of aryl methyl sites for hydroxylation is 3. The highest BCUT2D eigenvalue weighted by Gasteiger charge is 2.27. The van der Waals surface area contributed by atoms with Crippen LogP contribution in [0, 0.1) is 13.8 Å². The monoisotopic (exact) mass is 370 g/mol. The molecular weight excluding hydrogens is 348 g/mol. The Morgan fingerprint density at radius 2 is 1.92 bits per heavy atom. The third kappa shape index (κ3) is 3.61. The molecule has 0 aromatic heterocycles. The first-order chi connectivity index (χ1) is 12.4. The van der Waals surface area contributed by atoms with Crippen molar-refractivity contribution < 1.29 is 9.59 Å². The van der Waals surface area contributed by atoms with Crippen molar-refractivity contribution in [2.24, 2.45) is 0 Å². The lowest BCUT2D eigenvalue weighted by Crippen LogP contribution is -2.44. The van der Waals surface area contributed by atoms with Crippen molar-refractivity contribution in [3.05, 3.63) is 58.1 Å². The number of halogens is 1. The first kappa shape index (κ1) is 18.5. The predicted octanol–water partition coefficient (Wildman–Crippen LogP) is 4.29. The van der Waals surface area contributed by atoms with Crippen molar-refractivity contribution >= 4 is 34.8 Å². The highest BCUT2D eigenvalue weighted by molar-refractivity contribution is 6.34. The summed E-state index contributed by atoms with van der Waals surface area (Å²) in [5, 5.41) is 0.490. The number of anilines is 2. The van der Waals surface area contributed by atoms with Crippen LogP contribution < -0.4 is 9.80 Å². The smallest absolute Gasteiger partial charge is 0.247 e. The van der Waals surface area contributed by atoms with E-state index in [9.17, 15) is 9.59 Å². The fourth-order valence-corrected chi connectivity index (χ4v) is 4.03. The van der Waals surface area contributed by atoms with Crippen LogP contribution in [-0.4, -0.2) is 24.9 Å². The van der Waals surface area contributed by atoms with Gasteiger partial charge in [-0.3, -0.25) is 9.59 Å². The summed E-state index contributed by atoms with van der Waals surface area (Å²) < 4.78 is 0. The number of carbonyl (C=O) groups is 2. The summed E-state index contributed by atoms with van der Waals surface area (Å²) in [6, 6.07) is 11.7. The lowest BCUT2D eigenvalue weighted by molar-refractivity contribution is -0.121. The van der Waals surface area contributed by atoms with E-state index in [-0.39, 0.29) is 18.4 Å². The lowest BCUT2D eigenvalue weighted by Gasteiger charge is -2.32. The van der Waals surface area contributed by atoms with Gasteiger partial charge in [-0.05, 0) is 55.5 Å². The second kappa shape index (κ2) is 7.50. The normalized spacial score (nSPS) is 13.3. The Balaban J connectivity index is 1.91. The maximum Gasteiger partial charge on any atom is 0.247 e. The average molecular weight is 371 g/mol. The third-order valence-electron chi connectivity index (χ3n) is 4.75. The SMILES string of the molecule is CC(=O)N(CC(=O)N1CCCc2ccccc21)c1c(C)cc(C)cc1Cl. The van der Waals surface area contributed by atoms with E-state index >= 15 is 0 Å². The molecule has 0 saturated carbocycles. The van der Waals surface area contributed by atoms with Gasteiger partial charge in [0.25, 0.3) is 0 Å². The largest absolute Gasteiger partial charge is 0.311 e. The Morgan fingerprint density at radius 1 is 1.19 bits per heavy atom. The molecule has 0 atom stereocenters. The second-order valence-corrected chi connectivity index (χ2v) is 7.20. The molecular formula is C21H23ClN2O2. The van der Waals surface area contributed by atoms with Crippen molar-refractivity contribution in [2.75, 3.05) is 22.9 Å². The number of rotatable bonds is 3. The Bertz CT molecular complexity index is 840. The Kier molecular flexibility index (Phi) is 5.33. The number of amides is 2. The highest BCUT2D eigenvalue weighted by atomic mass is 35.5. The quantitative estimate of drug-likeness (QED) is 0.808. The number of fused-ring (bicyclic) bond motifs is 1. The lowest BCUT2D eigenvalue weighted by atomic mass is 10.0. The predicted molar refractivity (Wildman–Crippen MR) is 106 cm³/mol. The molecule has 0 fully saturated rings. The standard InChI is InChI=1S/C21H23ClN2O2/c1-14-11-15(2)21(18(22)12-14)24(16(3)25)13-20(26)23-10-6-8-17-7-4-5-9-19(17)23/h4-5,7,9,11-12H,6,8,10,13H2,1-3H3. The van der Waals surface area contributed by atoms with E-state index in [0.29, 0.717) is 17.3 Å². The van der Waals surface area contributed by atoms with Crippen LogP contribution in [0.1, 0.15) is 30.0 Å². The summed E-state index contributed by atoms with van der Waals surface area (Å²) in [5.41, 5.74) is 4.64. The number of carbonyl (C=O) groups excluding carboxylic acids is 2. The summed E-state index contributed by atoms with van der Waals surface area (Å²) in [5.74, 6) is -0.291. The molecule has 2 aromatic rings. The molecule has 0 bridgehead atoms. The van der Waals surface area contributed by atoms with E-state index < -0.39 is 0 Å². The van der Waals surface area contributed by atoms with E-state index in [4.69, 9.17) is 11.6 Å². The zero-order valence-corrected chi connectivity index (χ0v) is 16.1. The Hall–Kier alpha value is -2.33. The number of hydrogen-bond donors (Lipinski definition) is 0. The zero-order chi connectivity index (χ0) is 18.8. The summed E-state index contributed by atoms with van der Waals surface area (Å²) in [6.45, 7) is 5.98. The molecule has 1 aliphatic heterocycles. The second-order valence-electron chi connectivity index (χ2n) is 6.80. The first-order valence-electron chi connectivity index (χ1n) is 8.81. The van der Waals surface area contributed by atoms with Gasteiger partial charge in [0.05, 0.1) is 10.7 Å². The van der Waals surface area contributed by atoms with Gasteiger partial charge >= 0.3 is 0 Å². The fraction of sp³-hybridized carbons (Fsp3) is 0.333. The molecule has 136 valence electrons. The van der Waals surface area contributed by atoms with Crippen LogP contribution in [-0.2, 0) is 16.0 Å². The molecule has 0 spiro atoms. The molecule has 3 rings (SSSR count). The topological polar surface area (TPSA) is 40.6 Å². The van der Waals surface area contributed by atoms with Crippen LogP contribution in [0.2, 0.25) is 5.02 Å². The van der Waals surface area contributed by atoms with E-state index in [1.807, 2.05) is 44.2 Å². The molecule has 1 heterocycles. The van der Waals surface area contributed by atoms with Gasteiger partial charge < -0.3 is 9.80 Å². The van der Waals surface area contributed by atoms with Gasteiger partial charge in [-0.15, -0.1) is 0 Å². The van der Waals surface area contributed by atoms with Crippen LogP contribution in [0.4, 0.5) is 11.4 Å². The van der Waals surface area contributed by atoms with Crippen molar-refractivity contribution in [2.45, 2.75) is 33.6 Å². The van der Waals surface area contributed by atoms with E-state index in [0.717, 1.165) is 29.7 Å². The van der Waals surface area contributed by atoms with E-state index in [2.05, 4.69) is 6.07 Å². The maximum atomic E-state index is 13.0. The number of nitrogens with zero attached hydrogens (tertiary/aromatic N) is 2. The molecule has 2 amide bonds. The van der Waals surface area contributed by atoms with Crippen LogP contribution in [0.3, 0.4) is 0 Å². The molecule has 1 aliphatic rings. The van der Waals surface area contributed by atoms with Gasteiger partial charge in [0.15, 0.2) is 0 Å². The van der Waals surface area contributed by atoms with Gasteiger partial charge in [0.2, 0.25) is 11.8 Å². The van der Waals surface area contributed by atoms with Gasteiger partial charge in [-0.2, -0.15) is 0 Å². The molecule has 26 heavy (non-hydrogen) atoms. The molecule has 0 saturated heterocycles. The maximum absolute atomic E-state index is 13.0. The number of benzene rings is 2. The minimum atomic E-state index is -0.197. The average Bonchev–Trinajstić information content (AvgIpc) is 2.59. The van der Waals surface area contributed by atoms with Crippen LogP contribution >= 0.6 is 11.6 Å². The Morgan fingerprint density at radius 3 is 2.62 bits per heavy atom. The van der Waals surface area contributed by atoms with Crippen molar-refractivity contribution in [1.29, 1.82) is 0 Å². The Labute approximate surface area is 159 Å². The summed E-state index contributed by atoms with van der Waals surface area (Å²) in [7, 11) is 0. The van der Waals surface area contributed by atoms with Gasteiger partial charge in [0.1, 0.15) is 6.54 Å². The van der Waals surface area contributed by atoms with Crippen LogP contribution in [0.15, 0.2) is 36.4 Å². The van der Waals surface area contributed by atoms with Gasteiger partial charge in [-0.25, -0.2) is 0 Å². The van der Waals surface area contributed by atoms with Crippen molar-refractivity contribution in [3.8, 4) is 0 Å². The fourth-order valence-electron chi connectivity index (χ4n) is 3.61. The molecule has 2 aromatic carbocycles. The summed E-state index contributed by atoms with van der Waals surface area (Å²) in [6.07, 6.45) is 1.90. The minimum absolute atomic E-state index is 0.0205. The molecule has 0 unspecified atom stereocenters. The van der Waals surface area contributed by atoms with Crippen molar-refractivity contribution in [3.63, 3.8) is 0 Å². The first-order valence-corrected chi connectivity index (χ1v) is 9.19. The van der Waals surface area contributed by atoms with Gasteiger partial charge in [-0.1, -0.05) is 35.9 Å². The summed E-state index contributed by atoms with van der Waals surface area (Å²) >= 11 is 6.41. The molecule has 0 N–H and O–H groups in total. The molecule has 0 radical (unpaired) electrons. The molecule has 5 heteroatoms. The van der Waals surface area contributed by atoms with Crippen molar-refractivity contribution in [1.82, 2.24) is 0 Å². The third-order valence-corrected chi connectivity index (χ3v) is 5.04. The summed E-state index contributed by atoms with van der Waals surface area (Å²) in [4.78, 5) is 28.6. The van der Waals surface area contributed by atoms with E-state index in [1.165, 1.54) is 17.4 Å². The van der Waals surface area contributed by atoms with Crippen LogP contribution in [0.5, 0.6) is 0 Å². The number of hydrogen-bond acceptors (Lipinski definition) is 2. The molecule has 0 aliphatic carbocycles. The molecule has 4 nitrogen and oxygen atoms in total. The van der Waals surface area contributed by atoms with Crippen LogP contribution in [0.25, 0.3) is 0 Å². The van der Waals surface area contributed by atoms with E-state index in [1.54, 1.807) is 4.90 Å². The minimum Gasteiger partial charge on any atom is -0.311 e. The zero-order valence-electron chi connectivity index (χ0n) is 15.4. The number of para-hydroxylation sites is 1. The highest BCUT2D eigenvalue weighted by Crippen LogP contribution is 2.32.